The van der Waals surface area contributed by atoms with E-state index in [0.717, 1.165) is 12.2 Å². The largest absolute Gasteiger partial charge is 0.497 e. The van der Waals surface area contributed by atoms with E-state index >= 15 is 0 Å². The van der Waals surface area contributed by atoms with Crippen LogP contribution in [0.5, 0.6) is 5.75 Å². The number of hydrogen-bond acceptors (Lipinski definition) is 2. The van der Waals surface area contributed by atoms with Crippen molar-refractivity contribution in [3.05, 3.63) is 29.8 Å². The summed E-state index contributed by atoms with van der Waals surface area (Å²) in [4.78, 5) is 0. The summed E-state index contributed by atoms with van der Waals surface area (Å²) in [5, 5.41) is 3.66. The van der Waals surface area contributed by atoms with Gasteiger partial charge in [0.15, 0.2) is 0 Å². The molecule has 1 heterocycles. The molecule has 16 heavy (non-hydrogen) atoms. The van der Waals surface area contributed by atoms with E-state index in [-0.39, 0.29) is 0 Å². The zero-order valence-corrected chi connectivity index (χ0v) is 10.2. The fourth-order valence-corrected chi connectivity index (χ4v) is 2.48. The van der Waals surface area contributed by atoms with E-state index in [2.05, 4.69) is 30.4 Å². The summed E-state index contributed by atoms with van der Waals surface area (Å²) in [5.41, 5.74) is 1.37. The lowest BCUT2D eigenvalue weighted by Gasteiger charge is -2.28. The van der Waals surface area contributed by atoms with E-state index in [0.29, 0.717) is 12.1 Å². The molecule has 1 aliphatic rings. The highest BCUT2D eigenvalue weighted by molar-refractivity contribution is 5.29. The van der Waals surface area contributed by atoms with Crippen molar-refractivity contribution in [2.24, 2.45) is 0 Å². The molecule has 2 atom stereocenters. The Kier molecular flexibility index (Phi) is 3.83. The van der Waals surface area contributed by atoms with Crippen LogP contribution in [0, 0.1) is 0 Å². The van der Waals surface area contributed by atoms with Crippen molar-refractivity contribution in [2.45, 2.75) is 44.7 Å². The molecule has 0 saturated carbocycles. The smallest absolute Gasteiger partial charge is 0.119 e. The Labute approximate surface area is 98.0 Å². The first-order chi connectivity index (χ1) is 7.78. The van der Waals surface area contributed by atoms with E-state index in [9.17, 15) is 0 Å². The molecule has 1 aliphatic heterocycles. The fraction of sp³-hybridized carbons (Fsp3) is 0.571. The van der Waals surface area contributed by atoms with Gasteiger partial charge in [-0.05, 0) is 43.9 Å². The molecule has 0 spiro atoms. The summed E-state index contributed by atoms with van der Waals surface area (Å²) < 4.78 is 5.24. The monoisotopic (exact) mass is 219 g/mol. The maximum absolute atomic E-state index is 5.24. The van der Waals surface area contributed by atoms with Gasteiger partial charge in [0.1, 0.15) is 5.75 Å². The van der Waals surface area contributed by atoms with Crippen LogP contribution in [-0.2, 0) is 6.42 Å². The van der Waals surface area contributed by atoms with Gasteiger partial charge in [0.05, 0.1) is 7.11 Å². The molecule has 2 rings (SSSR count). The van der Waals surface area contributed by atoms with Gasteiger partial charge in [-0.15, -0.1) is 0 Å². The average molecular weight is 219 g/mol. The van der Waals surface area contributed by atoms with Crippen molar-refractivity contribution in [3.63, 3.8) is 0 Å². The van der Waals surface area contributed by atoms with Crippen LogP contribution in [0.25, 0.3) is 0 Å². The zero-order valence-electron chi connectivity index (χ0n) is 10.2. The van der Waals surface area contributed by atoms with E-state index in [1.807, 2.05) is 6.07 Å². The normalized spacial score (nSPS) is 25.4. The van der Waals surface area contributed by atoms with Crippen molar-refractivity contribution in [2.75, 3.05) is 7.11 Å². The van der Waals surface area contributed by atoms with Crippen LogP contribution in [0.2, 0.25) is 0 Å². The first kappa shape index (κ1) is 11.5. The van der Waals surface area contributed by atoms with Gasteiger partial charge < -0.3 is 10.1 Å². The minimum atomic E-state index is 0.635. The Morgan fingerprint density at radius 1 is 1.38 bits per heavy atom. The van der Waals surface area contributed by atoms with Crippen LogP contribution in [0.1, 0.15) is 31.7 Å². The third-order valence-electron chi connectivity index (χ3n) is 3.33. The molecular formula is C14H21NO. The molecule has 0 amide bonds. The lowest BCUT2D eigenvalue weighted by Crippen LogP contribution is -2.41. The van der Waals surface area contributed by atoms with Crippen LogP contribution >= 0.6 is 0 Å². The van der Waals surface area contributed by atoms with Crippen molar-refractivity contribution < 1.29 is 4.74 Å². The maximum atomic E-state index is 5.24. The fourth-order valence-electron chi connectivity index (χ4n) is 2.48. The molecule has 0 aromatic heterocycles. The van der Waals surface area contributed by atoms with Crippen LogP contribution < -0.4 is 10.1 Å². The molecule has 0 aliphatic carbocycles. The van der Waals surface area contributed by atoms with Crippen molar-refractivity contribution in [3.8, 4) is 5.75 Å². The molecule has 1 aromatic rings. The minimum Gasteiger partial charge on any atom is -0.497 e. The first-order valence-corrected chi connectivity index (χ1v) is 6.17. The molecule has 2 nitrogen and oxygen atoms in total. The Hall–Kier alpha value is -1.02. The van der Waals surface area contributed by atoms with E-state index in [4.69, 9.17) is 4.74 Å². The van der Waals surface area contributed by atoms with Gasteiger partial charge in [0.2, 0.25) is 0 Å². The summed E-state index contributed by atoms with van der Waals surface area (Å²) >= 11 is 0. The highest BCUT2D eigenvalue weighted by Crippen LogP contribution is 2.19. The van der Waals surface area contributed by atoms with E-state index < -0.39 is 0 Å². The Bertz CT molecular complexity index is 337. The van der Waals surface area contributed by atoms with Crippen LogP contribution in [0.4, 0.5) is 0 Å². The van der Waals surface area contributed by atoms with Gasteiger partial charge in [-0.2, -0.15) is 0 Å². The van der Waals surface area contributed by atoms with Gasteiger partial charge in [0, 0.05) is 12.1 Å². The standard InChI is InChI=1S/C14H21NO/c1-11-5-3-7-13(15-11)9-12-6-4-8-14(10-12)16-2/h4,6,8,10-11,13,15H,3,5,7,9H2,1-2H3. The quantitative estimate of drug-likeness (QED) is 0.844. The molecule has 1 N–H and O–H groups in total. The van der Waals surface area contributed by atoms with E-state index in [1.165, 1.54) is 24.8 Å². The van der Waals surface area contributed by atoms with Crippen molar-refractivity contribution in [1.82, 2.24) is 5.32 Å². The second-order valence-corrected chi connectivity index (χ2v) is 4.75. The summed E-state index contributed by atoms with van der Waals surface area (Å²) in [6.45, 7) is 2.28. The number of piperidine rings is 1. The molecule has 2 heteroatoms. The molecule has 1 fully saturated rings. The highest BCUT2D eigenvalue weighted by Gasteiger charge is 2.17. The number of rotatable bonds is 3. The topological polar surface area (TPSA) is 21.3 Å². The van der Waals surface area contributed by atoms with Crippen molar-refractivity contribution in [1.29, 1.82) is 0 Å². The van der Waals surface area contributed by atoms with E-state index in [1.54, 1.807) is 7.11 Å². The van der Waals surface area contributed by atoms with Gasteiger partial charge in [-0.1, -0.05) is 18.6 Å². The Morgan fingerprint density at radius 2 is 2.25 bits per heavy atom. The predicted molar refractivity (Wildman–Crippen MR) is 66.9 cm³/mol. The summed E-state index contributed by atoms with van der Waals surface area (Å²) in [6.07, 6.45) is 5.07. The van der Waals surface area contributed by atoms with Crippen LogP contribution in [0.15, 0.2) is 24.3 Å². The van der Waals surface area contributed by atoms with Gasteiger partial charge in [0.25, 0.3) is 0 Å². The van der Waals surface area contributed by atoms with Crippen LogP contribution in [0.3, 0.4) is 0 Å². The number of methoxy groups -OCH3 is 1. The maximum Gasteiger partial charge on any atom is 0.119 e. The van der Waals surface area contributed by atoms with Crippen molar-refractivity contribution >= 4 is 0 Å². The minimum absolute atomic E-state index is 0.635. The first-order valence-electron chi connectivity index (χ1n) is 6.17. The lowest BCUT2D eigenvalue weighted by molar-refractivity contribution is 0.333. The van der Waals surface area contributed by atoms with Gasteiger partial charge in [-0.25, -0.2) is 0 Å². The molecule has 1 aromatic carbocycles. The Morgan fingerprint density at radius 3 is 3.00 bits per heavy atom. The molecule has 88 valence electrons. The highest BCUT2D eigenvalue weighted by atomic mass is 16.5. The summed E-state index contributed by atoms with van der Waals surface area (Å²) in [7, 11) is 1.72. The predicted octanol–water partition coefficient (Wildman–Crippen LogP) is 2.77. The SMILES string of the molecule is COc1cccc(CC2CCCC(C)N2)c1. The third kappa shape index (κ3) is 2.99. The van der Waals surface area contributed by atoms with Crippen LogP contribution in [-0.4, -0.2) is 19.2 Å². The van der Waals surface area contributed by atoms with Gasteiger partial charge >= 0.3 is 0 Å². The number of ether oxygens (including phenoxy) is 1. The molecule has 2 unspecified atom stereocenters. The number of nitrogens with one attached hydrogen (secondary N) is 1. The molecule has 1 saturated heterocycles. The summed E-state index contributed by atoms with van der Waals surface area (Å²) in [5.74, 6) is 0.960. The second kappa shape index (κ2) is 5.35. The Balaban J connectivity index is 1.97. The zero-order chi connectivity index (χ0) is 11.4. The second-order valence-electron chi connectivity index (χ2n) is 4.75. The molecule has 0 radical (unpaired) electrons. The molecular weight excluding hydrogens is 198 g/mol. The lowest BCUT2D eigenvalue weighted by atomic mass is 9.94. The average Bonchev–Trinajstić information content (AvgIpc) is 2.29. The number of hydrogen-bond donors (Lipinski definition) is 1. The van der Waals surface area contributed by atoms with Gasteiger partial charge in [-0.3, -0.25) is 0 Å². The molecule has 0 bridgehead atoms. The summed E-state index contributed by atoms with van der Waals surface area (Å²) in [6, 6.07) is 9.70. The third-order valence-corrected chi connectivity index (χ3v) is 3.33. The number of benzene rings is 1.